The minimum absolute atomic E-state index is 0. The van der Waals surface area contributed by atoms with E-state index in [9.17, 15) is 5.11 Å². The molecule has 0 bridgehead atoms. The Morgan fingerprint density at radius 3 is 2.53 bits per heavy atom. The maximum Gasteiger partial charge on any atom is 0.0790 e. The number of unbranched alkanes of at least 4 members (excludes halogenated alkanes) is 1. The summed E-state index contributed by atoms with van der Waals surface area (Å²) in [5, 5.41) is 9.88. The maximum absolute atomic E-state index is 9.88. The predicted molar refractivity (Wildman–Crippen MR) is 73.8 cm³/mol. The van der Waals surface area contributed by atoms with Crippen molar-refractivity contribution in [2.75, 3.05) is 6.61 Å². The minimum Gasteiger partial charge on any atom is -0.389 e. The van der Waals surface area contributed by atoms with Gasteiger partial charge in [-0.2, -0.15) is 6.42 Å². The first-order valence-electron chi connectivity index (χ1n) is 6.41. The summed E-state index contributed by atoms with van der Waals surface area (Å²) in [4.78, 5) is 0. The van der Waals surface area contributed by atoms with Crippen LogP contribution in [0.2, 0.25) is 0 Å². The molecule has 1 aliphatic rings. The van der Waals surface area contributed by atoms with E-state index < -0.39 is 0 Å². The second kappa shape index (κ2) is 7.88. The highest BCUT2D eigenvalue weighted by molar-refractivity contribution is 5.18. The topological polar surface area (TPSA) is 29.5 Å². The Kier molecular flexibility index (Phi) is 7.73. The van der Waals surface area contributed by atoms with E-state index in [2.05, 4.69) is 27.7 Å². The summed E-state index contributed by atoms with van der Waals surface area (Å²) in [6.45, 7) is 11.1. The molecule has 0 fully saturated rings. The quantitative estimate of drug-likeness (QED) is 0.453. The van der Waals surface area contributed by atoms with Crippen molar-refractivity contribution in [3.05, 3.63) is 18.6 Å². The highest BCUT2D eigenvalue weighted by Crippen LogP contribution is 2.33. The number of rotatable bonds is 5. The lowest BCUT2D eigenvalue weighted by molar-refractivity contribution is -0.0111. The van der Waals surface area contributed by atoms with Crippen molar-refractivity contribution in [1.29, 1.82) is 0 Å². The van der Waals surface area contributed by atoms with Crippen LogP contribution in [0.15, 0.2) is 11.6 Å². The zero-order valence-corrected chi connectivity index (χ0v) is 10.8. The molecule has 0 amide bonds. The standard InChI is InChI=1S/C14H25O2.CH4/c1-5-7-8-16-14-11(4)10(3)13(15)9-12(14)6-2;/h9-11,13-15H,2,5-8H2,1,3-4H3;1H4/q-1;. The van der Waals surface area contributed by atoms with Gasteiger partial charge in [-0.1, -0.05) is 46.3 Å². The van der Waals surface area contributed by atoms with Crippen LogP contribution >= 0.6 is 0 Å². The van der Waals surface area contributed by atoms with Crippen LogP contribution in [0.4, 0.5) is 0 Å². The van der Waals surface area contributed by atoms with E-state index in [-0.39, 0.29) is 25.6 Å². The molecule has 0 saturated carbocycles. The fraction of sp³-hybridized carbons (Fsp3) is 0.800. The van der Waals surface area contributed by atoms with Crippen molar-refractivity contribution >= 4 is 0 Å². The Morgan fingerprint density at radius 2 is 2.00 bits per heavy atom. The first kappa shape index (κ1) is 16.7. The van der Waals surface area contributed by atoms with Crippen molar-refractivity contribution in [3.8, 4) is 0 Å². The molecule has 2 heteroatoms. The van der Waals surface area contributed by atoms with Crippen molar-refractivity contribution < 1.29 is 9.84 Å². The second-order valence-electron chi connectivity index (χ2n) is 4.85. The smallest absolute Gasteiger partial charge is 0.0790 e. The van der Waals surface area contributed by atoms with E-state index in [4.69, 9.17) is 4.74 Å². The van der Waals surface area contributed by atoms with Gasteiger partial charge in [0.25, 0.3) is 0 Å². The molecule has 4 atom stereocenters. The van der Waals surface area contributed by atoms with E-state index >= 15 is 0 Å². The minimum atomic E-state index is -0.335. The normalized spacial score (nSPS) is 32.9. The molecule has 0 aromatic carbocycles. The fourth-order valence-corrected chi connectivity index (χ4v) is 2.23. The van der Waals surface area contributed by atoms with E-state index in [1.165, 1.54) is 0 Å². The van der Waals surface area contributed by atoms with Crippen molar-refractivity contribution in [1.82, 2.24) is 0 Å². The van der Waals surface area contributed by atoms with Crippen molar-refractivity contribution in [2.24, 2.45) is 11.8 Å². The van der Waals surface area contributed by atoms with Gasteiger partial charge in [-0.05, 0) is 18.3 Å². The van der Waals surface area contributed by atoms with Crippen molar-refractivity contribution in [3.63, 3.8) is 0 Å². The molecule has 0 aromatic rings. The summed E-state index contributed by atoms with van der Waals surface area (Å²) in [6.07, 6.45) is 4.74. The molecule has 0 radical (unpaired) electrons. The highest BCUT2D eigenvalue weighted by Gasteiger charge is 2.33. The monoisotopic (exact) mass is 241 g/mol. The van der Waals surface area contributed by atoms with Crippen LogP contribution < -0.4 is 0 Å². The van der Waals surface area contributed by atoms with E-state index in [0.29, 0.717) is 5.92 Å². The molecular formula is C15H29O2-. The summed E-state index contributed by atoms with van der Waals surface area (Å²) in [7, 11) is 0. The van der Waals surface area contributed by atoms with Gasteiger partial charge in [-0.25, -0.2) is 0 Å². The van der Waals surface area contributed by atoms with Crippen LogP contribution in [-0.4, -0.2) is 23.9 Å². The lowest BCUT2D eigenvalue weighted by atomic mass is 9.77. The van der Waals surface area contributed by atoms with Gasteiger partial charge in [0.1, 0.15) is 0 Å². The average Bonchev–Trinajstić information content (AvgIpc) is 2.29. The Labute approximate surface area is 107 Å². The summed E-state index contributed by atoms with van der Waals surface area (Å²) in [6, 6.07) is 0. The molecule has 1 N–H and O–H groups in total. The number of ether oxygens (including phenoxy) is 1. The third-order valence-electron chi connectivity index (χ3n) is 3.68. The Morgan fingerprint density at radius 1 is 1.35 bits per heavy atom. The van der Waals surface area contributed by atoms with Gasteiger partial charge in [-0.15, -0.1) is 0 Å². The Balaban J connectivity index is 0.00000256. The molecular weight excluding hydrogens is 212 g/mol. The van der Waals surface area contributed by atoms with Crippen LogP contribution in [-0.2, 0) is 4.74 Å². The summed E-state index contributed by atoms with van der Waals surface area (Å²) in [5.74, 6) is 0.635. The molecule has 0 aliphatic heterocycles. The van der Waals surface area contributed by atoms with Crippen LogP contribution in [0.1, 0.15) is 47.5 Å². The predicted octanol–water partition coefficient (Wildman–Crippen LogP) is 3.61. The van der Waals surface area contributed by atoms with Crippen LogP contribution in [0.5, 0.6) is 0 Å². The number of hydrogen-bond acceptors (Lipinski definition) is 2. The lowest BCUT2D eigenvalue weighted by Crippen LogP contribution is -2.38. The van der Waals surface area contributed by atoms with Gasteiger partial charge in [0.2, 0.25) is 0 Å². The van der Waals surface area contributed by atoms with Crippen LogP contribution in [0, 0.1) is 18.8 Å². The van der Waals surface area contributed by atoms with Gasteiger partial charge in [-0.3, -0.25) is 0 Å². The van der Waals surface area contributed by atoms with Gasteiger partial charge in [0.05, 0.1) is 12.2 Å². The number of aliphatic hydroxyl groups excluding tert-OH is 1. The van der Waals surface area contributed by atoms with Gasteiger partial charge in [0.15, 0.2) is 0 Å². The zero-order chi connectivity index (χ0) is 12.1. The second-order valence-corrected chi connectivity index (χ2v) is 4.85. The van der Waals surface area contributed by atoms with E-state index in [0.717, 1.165) is 31.4 Å². The molecule has 1 rings (SSSR count). The molecule has 0 aromatic heterocycles. The molecule has 0 saturated heterocycles. The number of aliphatic hydroxyl groups is 1. The Bertz CT molecular complexity index is 235. The summed E-state index contributed by atoms with van der Waals surface area (Å²) >= 11 is 0. The molecule has 0 heterocycles. The average molecular weight is 241 g/mol. The molecule has 2 nitrogen and oxygen atoms in total. The van der Waals surface area contributed by atoms with Gasteiger partial charge < -0.3 is 16.8 Å². The Hall–Kier alpha value is -0.340. The maximum atomic E-state index is 9.88. The lowest BCUT2D eigenvalue weighted by Gasteiger charge is -2.38. The van der Waals surface area contributed by atoms with Gasteiger partial charge in [0, 0.05) is 6.61 Å². The van der Waals surface area contributed by atoms with Crippen LogP contribution in [0.3, 0.4) is 0 Å². The van der Waals surface area contributed by atoms with Crippen LogP contribution in [0.25, 0.3) is 0 Å². The largest absolute Gasteiger partial charge is 0.389 e. The molecule has 102 valence electrons. The number of hydrogen-bond donors (Lipinski definition) is 1. The van der Waals surface area contributed by atoms with E-state index in [1.807, 2.05) is 6.08 Å². The molecule has 17 heavy (non-hydrogen) atoms. The molecule has 0 spiro atoms. The van der Waals surface area contributed by atoms with Gasteiger partial charge >= 0.3 is 0 Å². The molecule has 4 unspecified atom stereocenters. The molecule has 1 aliphatic carbocycles. The summed E-state index contributed by atoms with van der Waals surface area (Å²) in [5.41, 5.74) is 1.16. The highest BCUT2D eigenvalue weighted by atomic mass is 16.5. The van der Waals surface area contributed by atoms with E-state index in [1.54, 1.807) is 0 Å². The SMILES string of the molecule is C.[CH2-]CC1=CC(O)C(C)C(C)C1OCCCC. The fourth-order valence-electron chi connectivity index (χ4n) is 2.23. The van der Waals surface area contributed by atoms with Crippen molar-refractivity contribution in [2.45, 2.75) is 59.7 Å². The zero-order valence-electron chi connectivity index (χ0n) is 10.8. The first-order valence-corrected chi connectivity index (χ1v) is 6.41. The summed E-state index contributed by atoms with van der Waals surface area (Å²) < 4.78 is 5.94. The first-order chi connectivity index (χ1) is 7.61. The third-order valence-corrected chi connectivity index (χ3v) is 3.68. The third kappa shape index (κ3) is 4.11.